The highest BCUT2D eigenvalue weighted by molar-refractivity contribution is 5.71. The fourth-order valence-electron chi connectivity index (χ4n) is 3.76. The van der Waals surface area contributed by atoms with Gasteiger partial charge in [0.2, 0.25) is 0 Å². The summed E-state index contributed by atoms with van der Waals surface area (Å²) in [6.07, 6.45) is 0.885. The molecule has 1 N–H and O–H groups in total. The van der Waals surface area contributed by atoms with Crippen LogP contribution in [0.4, 0.5) is 0 Å². The number of carboxylic acids is 1. The molecule has 0 aromatic heterocycles. The van der Waals surface area contributed by atoms with Crippen molar-refractivity contribution < 1.29 is 9.90 Å². The van der Waals surface area contributed by atoms with Crippen LogP contribution in [0.15, 0.2) is 84.9 Å². The van der Waals surface area contributed by atoms with E-state index in [0.717, 1.165) is 18.5 Å². The molecule has 3 aromatic rings. The lowest BCUT2D eigenvalue weighted by Crippen LogP contribution is -2.49. The maximum atomic E-state index is 10.9. The number of rotatable bonds is 6. The van der Waals surface area contributed by atoms with Crippen LogP contribution in [-0.4, -0.2) is 29.1 Å². The Morgan fingerprint density at radius 2 is 1.53 bits per heavy atom. The first-order valence-electron chi connectivity index (χ1n) is 10.3. The Hall–Kier alpha value is -3.35. The third-order valence-electron chi connectivity index (χ3n) is 5.54. The molecule has 3 heteroatoms. The number of carboxylic acid groups (broad SMARTS) is 1. The highest BCUT2D eigenvalue weighted by atomic mass is 16.4. The molecule has 150 valence electrons. The fourth-order valence-corrected chi connectivity index (χ4v) is 3.76. The second-order valence-electron chi connectivity index (χ2n) is 7.85. The molecule has 1 saturated heterocycles. The summed E-state index contributed by atoms with van der Waals surface area (Å²) < 4.78 is 0. The molecule has 0 spiro atoms. The minimum absolute atomic E-state index is 0.141. The molecule has 3 aromatic carbocycles. The van der Waals surface area contributed by atoms with Crippen molar-refractivity contribution in [2.24, 2.45) is 5.92 Å². The van der Waals surface area contributed by atoms with Crippen molar-refractivity contribution in [3.63, 3.8) is 0 Å². The molecule has 0 bridgehead atoms. The molecule has 0 saturated carbocycles. The van der Waals surface area contributed by atoms with Gasteiger partial charge in [-0.1, -0.05) is 84.6 Å². The number of hydrogen-bond donors (Lipinski definition) is 1. The van der Waals surface area contributed by atoms with E-state index in [4.69, 9.17) is 5.11 Å². The minimum Gasteiger partial charge on any atom is -0.481 e. The van der Waals surface area contributed by atoms with E-state index >= 15 is 0 Å². The summed E-state index contributed by atoms with van der Waals surface area (Å²) in [7, 11) is 0. The average molecular weight is 396 g/mol. The SMILES string of the molecule is O=C(O)C1CN(Cc2ccc(C#CC(Cc3ccccc3)c3ccccc3)cc2)C1. The van der Waals surface area contributed by atoms with Crippen LogP contribution in [-0.2, 0) is 17.8 Å². The first kappa shape index (κ1) is 19.9. The molecule has 1 aliphatic rings. The molecule has 1 atom stereocenters. The van der Waals surface area contributed by atoms with Crippen LogP contribution < -0.4 is 0 Å². The molecule has 30 heavy (non-hydrogen) atoms. The third kappa shape index (κ3) is 5.17. The number of carbonyl (C=O) groups is 1. The van der Waals surface area contributed by atoms with Gasteiger partial charge >= 0.3 is 5.97 Å². The second kappa shape index (κ2) is 9.43. The van der Waals surface area contributed by atoms with Crippen LogP contribution in [0.1, 0.15) is 28.2 Å². The van der Waals surface area contributed by atoms with Crippen molar-refractivity contribution >= 4 is 5.97 Å². The van der Waals surface area contributed by atoms with E-state index in [9.17, 15) is 4.79 Å². The topological polar surface area (TPSA) is 40.5 Å². The molecule has 0 radical (unpaired) electrons. The van der Waals surface area contributed by atoms with Gasteiger partial charge in [0, 0.05) is 31.1 Å². The van der Waals surface area contributed by atoms with Crippen molar-refractivity contribution in [2.45, 2.75) is 18.9 Å². The summed E-state index contributed by atoms with van der Waals surface area (Å²) in [6.45, 7) is 2.06. The quantitative estimate of drug-likeness (QED) is 0.621. The van der Waals surface area contributed by atoms with Gasteiger partial charge in [-0.05, 0) is 35.2 Å². The van der Waals surface area contributed by atoms with E-state index in [0.29, 0.717) is 13.1 Å². The van der Waals surface area contributed by atoms with Gasteiger partial charge in [0.15, 0.2) is 0 Å². The summed E-state index contributed by atoms with van der Waals surface area (Å²) >= 11 is 0. The zero-order valence-corrected chi connectivity index (χ0v) is 16.9. The first-order valence-corrected chi connectivity index (χ1v) is 10.3. The summed E-state index contributed by atoms with van der Waals surface area (Å²) in [5.74, 6) is 6.06. The monoisotopic (exact) mass is 395 g/mol. The van der Waals surface area contributed by atoms with Crippen molar-refractivity contribution in [3.05, 3.63) is 107 Å². The molecule has 1 fully saturated rings. The van der Waals surface area contributed by atoms with Gasteiger partial charge in [-0.2, -0.15) is 0 Å². The maximum absolute atomic E-state index is 10.9. The molecule has 0 aliphatic carbocycles. The van der Waals surface area contributed by atoms with E-state index in [1.165, 1.54) is 16.7 Å². The molecule has 1 heterocycles. The van der Waals surface area contributed by atoms with Gasteiger partial charge in [-0.3, -0.25) is 9.69 Å². The summed E-state index contributed by atoms with van der Waals surface area (Å²) in [6, 6.07) is 29.2. The average Bonchev–Trinajstić information content (AvgIpc) is 2.75. The molecule has 1 aliphatic heterocycles. The molecule has 1 unspecified atom stereocenters. The van der Waals surface area contributed by atoms with E-state index in [1.54, 1.807) is 0 Å². The number of hydrogen-bond acceptors (Lipinski definition) is 2. The van der Waals surface area contributed by atoms with E-state index < -0.39 is 5.97 Å². The number of likely N-dealkylation sites (tertiary alicyclic amines) is 1. The normalized spacial score (nSPS) is 14.9. The van der Waals surface area contributed by atoms with Gasteiger partial charge in [0.1, 0.15) is 0 Å². The lowest BCUT2D eigenvalue weighted by atomic mass is 9.92. The zero-order chi connectivity index (χ0) is 20.8. The molecule has 3 nitrogen and oxygen atoms in total. The Labute approximate surface area is 178 Å². The lowest BCUT2D eigenvalue weighted by molar-refractivity contribution is -0.147. The number of aliphatic carboxylic acids is 1. The second-order valence-corrected chi connectivity index (χ2v) is 7.85. The standard InChI is InChI=1S/C27H25NO2/c29-27(30)26-19-28(20-26)18-23-13-11-21(12-14-23)15-16-25(24-9-5-2-6-10-24)17-22-7-3-1-4-8-22/h1-14,25-26H,17-20H2,(H,29,30). The van der Waals surface area contributed by atoms with Crippen molar-refractivity contribution in [3.8, 4) is 11.8 Å². The Balaban J connectivity index is 1.44. The van der Waals surface area contributed by atoms with Crippen molar-refractivity contribution in [1.29, 1.82) is 0 Å². The smallest absolute Gasteiger partial charge is 0.309 e. The zero-order valence-electron chi connectivity index (χ0n) is 16.9. The Kier molecular flexibility index (Phi) is 6.27. The Morgan fingerprint density at radius 1 is 0.900 bits per heavy atom. The van der Waals surface area contributed by atoms with Crippen LogP contribution in [0.2, 0.25) is 0 Å². The van der Waals surface area contributed by atoms with E-state index in [1.807, 2.05) is 12.1 Å². The maximum Gasteiger partial charge on any atom is 0.309 e. The molecule has 0 amide bonds. The number of nitrogens with zero attached hydrogens (tertiary/aromatic N) is 1. The highest BCUT2D eigenvalue weighted by Crippen LogP contribution is 2.21. The van der Waals surface area contributed by atoms with E-state index in [-0.39, 0.29) is 11.8 Å². The van der Waals surface area contributed by atoms with E-state index in [2.05, 4.69) is 89.5 Å². The molecular weight excluding hydrogens is 370 g/mol. The third-order valence-corrected chi connectivity index (χ3v) is 5.54. The first-order chi connectivity index (χ1) is 14.7. The Bertz CT molecular complexity index is 1030. The summed E-state index contributed by atoms with van der Waals surface area (Å²) in [5.41, 5.74) is 4.70. The Morgan fingerprint density at radius 3 is 2.17 bits per heavy atom. The van der Waals surface area contributed by atoms with Gasteiger partial charge in [0.25, 0.3) is 0 Å². The lowest BCUT2D eigenvalue weighted by Gasteiger charge is -2.36. The number of benzene rings is 3. The van der Waals surface area contributed by atoms with Crippen LogP contribution in [0, 0.1) is 17.8 Å². The summed E-state index contributed by atoms with van der Waals surface area (Å²) in [4.78, 5) is 13.1. The molecular formula is C27H25NO2. The predicted octanol–water partition coefficient (Wildman–Crippen LogP) is 4.58. The van der Waals surface area contributed by atoms with Crippen molar-refractivity contribution in [1.82, 2.24) is 4.90 Å². The van der Waals surface area contributed by atoms with Gasteiger partial charge in [0.05, 0.1) is 5.92 Å². The van der Waals surface area contributed by atoms with Crippen molar-refractivity contribution in [2.75, 3.05) is 13.1 Å². The van der Waals surface area contributed by atoms with Gasteiger partial charge in [-0.25, -0.2) is 0 Å². The molecule has 4 rings (SSSR count). The highest BCUT2D eigenvalue weighted by Gasteiger charge is 2.31. The van der Waals surface area contributed by atoms with Crippen LogP contribution in [0.25, 0.3) is 0 Å². The van der Waals surface area contributed by atoms with Crippen LogP contribution in [0.3, 0.4) is 0 Å². The fraction of sp³-hybridized carbons (Fsp3) is 0.222. The van der Waals surface area contributed by atoms with Crippen LogP contribution >= 0.6 is 0 Å². The van der Waals surface area contributed by atoms with Gasteiger partial charge in [-0.15, -0.1) is 0 Å². The minimum atomic E-state index is -0.694. The predicted molar refractivity (Wildman–Crippen MR) is 119 cm³/mol. The largest absolute Gasteiger partial charge is 0.481 e. The summed E-state index contributed by atoms with van der Waals surface area (Å²) in [5, 5.41) is 8.99. The van der Waals surface area contributed by atoms with Crippen LogP contribution in [0.5, 0.6) is 0 Å². The van der Waals surface area contributed by atoms with Gasteiger partial charge < -0.3 is 5.11 Å².